The van der Waals surface area contributed by atoms with E-state index < -0.39 is 0 Å². The highest BCUT2D eigenvalue weighted by molar-refractivity contribution is 4.77. The van der Waals surface area contributed by atoms with Crippen LogP contribution >= 0.6 is 0 Å². The first-order valence-electron chi connectivity index (χ1n) is 6.84. The molecule has 0 aliphatic carbocycles. The van der Waals surface area contributed by atoms with Crippen LogP contribution in [0, 0.1) is 0 Å². The van der Waals surface area contributed by atoms with Crippen molar-refractivity contribution in [2.75, 3.05) is 32.8 Å². The van der Waals surface area contributed by atoms with E-state index in [1.807, 2.05) is 0 Å². The minimum absolute atomic E-state index is 0.409. The highest BCUT2D eigenvalue weighted by atomic mass is 16.5. The second-order valence-corrected chi connectivity index (χ2v) is 4.80. The zero-order valence-corrected chi connectivity index (χ0v) is 11.2. The molecule has 1 aliphatic rings. The van der Waals surface area contributed by atoms with E-state index in [9.17, 15) is 0 Å². The van der Waals surface area contributed by atoms with Crippen LogP contribution in [0.5, 0.6) is 0 Å². The van der Waals surface area contributed by atoms with Crippen LogP contribution in [0.1, 0.15) is 40.0 Å². The van der Waals surface area contributed by atoms with Gasteiger partial charge in [-0.25, -0.2) is 0 Å². The first-order valence-corrected chi connectivity index (χ1v) is 6.84. The third-order valence-electron chi connectivity index (χ3n) is 3.28. The summed E-state index contributed by atoms with van der Waals surface area (Å²) in [5.74, 6) is 0. The van der Waals surface area contributed by atoms with Crippen LogP contribution in [0.2, 0.25) is 0 Å². The lowest BCUT2D eigenvalue weighted by Gasteiger charge is -2.38. The summed E-state index contributed by atoms with van der Waals surface area (Å²) < 4.78 is 5.70. The molecule has 0 radical (unpaired) electrons. The molecule has 1 N–H and O–H groups in total. The fourth-order valence-corrected chi connectivity index (χ4v) is 2.27. The van der Waals surface area contributed by atoms with Gasteiger partial charge in [-0.05, 0) is 45.8 Å². The molecule has 0 aromatic heterocycles. The fraction of sp³-hybridized carbons (Fsp3) is 1.00. The molecule has 1 saturated heterocycles. The van der Waals surface area contributed by atoms with Crippen molar-refractivity contribution < 1.29 is 4.74 Å². The Kier molecular flexibility index (Phi) is 7.01. The molecule has 1 heterocycles. The number of nitrogens with zero attached hydrogens (tertiary/aromatic N) is 1. The van der Waals surface area contributed by atoms with Crippen LogP contribution < -0.4 is 5.32 Å². The van der Waals surface area contributed by atoms with E-state index in [2.05, 4.69) is 31.0 Å². The normalized spacial score (nSPS) is 27.2. The van der Waals surface area contributed by atoms with Crippen molar-refractivity contribution in [2.24, 2.45) is 0 Å². The molecule has 3 nitrogen and oxygen atoms in total. The summed E-state index contributed by atoms with van der Waals surface area (Å²) in [4.78, 5) is 2.60. The quantitative estimate of drug-likeness (QED) is 0.673. The van der Waals surface area contributed by atoms with Gasteiger partial charge in [0.1, 0.15) is 0 Å². The zero-order chi connectivity index (χ0) is 11.8. The molecule has 0 amide bonds. The van der Waals surface area contributed by atoms with Crippen molar-refractivity contribution in [2.45, 2.75) is 52.2 Å². The van der Waals surface area contributed by atoms with Crippen LogP contribution in [-0.2, 0) is 4.74 Å². The van der Waals surface area contributed by atoms with Gasteiger partial charge in [0.15, 0.2) is 0 Å². The average Bonchev–Trinajstić information content (AvgIpc) is 2.29. The predicted molar refractivity (Wildman–Crippen MR) is 68.8 cm³/mol. The van der Waals surface area contributed by atoms with Gasteiger partial charge in [-0.1, -0.05) is 13.8 Å². The maximum atomic E-state index is 5.70. The molecule has 0 bridgehead atoms. The molecular formula is C13H28N2O. The maximum Gasteiger partial charge on any atom is 0.0674 e. The van der Waals surface area contributed by atoms with Crippen LogP contribution in [0.3, 0.4) is 0 Å². The molecule has 0 spiro atoms. The summed E-state index contributed by atoms with van der Waals surface area (Å²) >= 11 is 0. The number of rotatable bonds is 7. The Morgan fingerprint density at radius 1 is 1.31 bits per heavy atom. The number of ether oxygens (including phenoxy) is 1. The lowest BCUT2D eigenvalue weighted by molar-refractivity contribution is -0.0558. The van der Waals surface area contributed by atoms with Crippen molar-refractivity contribution >= 4 is 0 Å². The first kappa shape index (κ1) is 13.9. The summed E-state index contributed by atoms with van der Waals surface area (Å²) in [6.07, 6.45) is 4.09. The Morgan fingerprint density at radius 2 is 2.12 bits per heavy atom. The molecule has 96 valence electrons. The molecule has 1 rings (SSSR count). The Morgan fingerprint density at radius 3 is 2.81 bits per heavy atom. The zero-order valence-electron chi connectivity index (χ0n) is 11.2. The van der Waals surface area contributed by atoms with E-state index in [1.165, 1.54) is 25.8 Å². The average molecular weight is 228 g/mol. The van der Waals surface area contributed by atoms with Gasteiger partial charge in [-0.15, -0.1) is 0 Å². The monoisotopic (exact) mass is 228 g/mol. The van der Waals surface area contributed by atoms with Crippen molar-refractivity contribution in [1.82, 2.24) is 10.2 Å². The first-order chi connectivity index (χ1) is 7.77. The lowest BCUT2D eigenvalue weighted by Crippen LogP contribution is -2.49. The third-order valence-corrected chi connectivity index (χ3v) is 3.28. The van der Waals surface area contributed by atoms with Gasteiger partial charge in [0.25, 0.3) is 0 Å². The van der Waals surface area contributed by atoms with Crippen LogP contribution in [-0.4, -0.2) is 49.8 Å². The second kappa shape index (κ2) is 8.04. The SMILES string of the molecule is CCCNCCCN1CC(C)OCC1CC. The van der Waals surface area contributed by atoms with Gasteiger partial charge in [0.2, 0.25) is 0 Å². The molecule has 3 heteroatoms. The summed E-state index contributed by atoms with van der Waals surface area (Å²) in [5, 5.41) is 3.46. The highest BCUT2D eigenvalue weighted by Crippen LogP contribution is 2.14. The van der Waals surface area contributed by atoms with E-state index in [0.29, 0.717) is 12.1 Å². The van der Waals surface area contributed by atoms with Crippen LogP contribution in [0.4, 0.5) is 0 Å². The maximum absolute atomic E-state index is 5.70. The van der Waals surface area contributed by atoms with Crippen LogP contribution in [0.25, 0.3) is 0 Å². The molecule has 0 saturated carbocycles. The van der Waals surface area contributed by atoms with Gasteiger partial charge in [0.05, 0.1) is 12.7 Å². The Hall–Kier alpha value is -0.120. The van der Waals surface area contributed by atoms with E-state index in [4.69, 9.17) is 4.74 Å². The van der Waals surface area contributed by atoms with Gasteiger partial charge in [-0.3, -0.25) is 4.90 Å². The summed E-state index contributed by atoms with van der Waals surface area (Å²) in [6.45, 7) is 12.2. The van der Waals surface area contributed by atoms with Gasteiger partial charge in [0, 0.05) is 12.6 Å². The van der Waals surface area contributed by atoms with E-state index in [0.717, 1.165) is 26.2 Å². The molecule has 16 heavy (non-hydrogen) atoms. The van der Waals surface area contributed by atoms with Crippen molar-refractivity contribution in [1.29, 1.82) is 0 Å². The van der Waals surface area contributed by atoms with E-state index >= 15 is 0 Å². The van der Waals surface area contributed by atoms with E-state index in [-0.39, 0.29) is 0 Å². The van der Waals surface area contributed by atoms with Gasteiger partial charge in [-0.2, -0.15) is 0 Å². The lowest BCUT2D eigenvalue weighted by atomic mass is 10.1. The number of nitrogens with one attached hydrogen (secondary N) is 1. The van der Waals surface area contributed by atoms with Crippen molar-refractivity contribution in [3.8, 4) is 0 Å². The number of morpholine rings is 1. The van der Waals surface area contributed by atoms with Crippen LogP contribution in [0.15, 0.2) is 0 Å². The number of hydrogen-bond donors (Lipinski definition) is 1. The highest BCUT2D eigenvalue weighted by Gasteiger charge is 2.24. The van der Waals surface area contributed by atoms with Crippen molar-refractivity contribution in [3.63, 3.8) is 0 Å². The molecule has 0 aromatic carbocycles. The predicted octanol–water partition coefficient (Wildman–Crippen LogP) is 1.88. The Labute approximate surface area is 101 Å². The van der Waals surface area contributed by atoms with Gasteiger partial charge >= 0.3 is 0 Å². The summed E-state index contributed by atoms with van der Waals surface area (Å²) in [7, 11) is 0. The van der Waals surface area contributed by atoms with Crippen molar-refractivity contribution in [3.05, 3.63) is 0 Å². The standard InChI is InChI=1S/C13H28N2O/c1-4-7-14-8-6-9-15-10-12(3)16-11-13(15)5-2/h12-14H,4-11H2,1-3H3. The Balaban J connectivity index is 2.16. The summed E-state index contributed by atoms with van der Waals surface area (Å²) in [6, 6.07) is 0.641. The number of hydrogen-bond acceptors (Lipinski definition) is 3. The molecule has 1 fully saturated rings. The largest absolute Gasteiger partial charge is 0.376 e. The molecular weight excluding hydrogens is 200 g/mol. The summed E-state index contributed by atoms with van der Waals surface area (Å²) in [5.41, 5.74) is 0. The fourth-order valence-electron chi connectivity index (χ4n) is 2.27. The smallest absolute Gasteiger partial charge is 0.0674 e. The molecule has 2 atom stereocenters. The minimum Gasteiger partial charge on any atom is -0.376 e. The van der Waals surface area contributed by atoms with Gasteiger partial charge < -0.3 is 10.1 Å². The van der Waals surface area contributed by atoms with E-state index in [1.54, 1.807) is 0 Å². The second-order valence-electron chi connectivity index (χ2n) is 4.80. The third kappa shape index (κ3) is 4.81. The Bertz CT molecular complexity index is 175. The molecule has 1 aliphatic heterocycles. The topological polar surface area (TPSA) is 24.5 Å². The minimum atomic E-state index is 0.409. The molecule has 2 unspecified atom stereocenters. The molecule has 0 aromatic rings.